The lowest BCUT2D eigenvalue weighted by molar-refractivity contribution is -0.301. The van der Waals surface area contributed by atoms with E-state index in [1.165, 1.54) is 0 Å². The largest absolute Gasteiger partial charge is 0.490 e. The summed E-state index contributed by atoms with van der Waals surface area (Å²) in [5, 5.41) is 39.2. The Labute approximate surface area is 190 Å². The fraction of sp³-hybridized carbons (Fsp3) is 0.333. The van der Waals surface area contributed by atoms with E-state index >= 15 is 0 Å². The molecule has 2 aromatic heterocycles. The van der Waals surface area contributed by atoms with E-state index in [9.17, 15) is 20.4 Å². The zero-order valence-electron chi connectivity index (χ0n) is 17.8. The molecule has 0 bridgehead atoms. The minimum atomic E-state index is -1.49. The van der Waals surface area contributed by atoms with Gasteiger partial charge in [-0.2, -0.15) is 0 Å². The van der Waals surface area contributed by atoms with Crippen LogP contribution in [0.4, 0.5) is 0 Å². The summed E-state index contributed by atoms with van der Waals surface area (Å²) in [4.78, 5) is 8.15. The van der Waals surface area contributed by atoms with E-state index in [2.05, 4.69) is 9.97 Å². The Morgan fingerprint density at radius 1 is 0.758 bits per heavy atom. The highest BCUT2D eigenvalue weighted by atomic mass is 16.7. The van der Waals surface area contributed by atoms with Gasteiger partial charge >= 0.3 is 0 Å². The van der Waals surface area contributed by atoms with E-state index in [-0.39, 0.29) is 13.2 Å². The van der Waals surface area contributed by atoms with Crippen molar-refractivity contribution in [3.05, 3.63) is 67.3 Å². The molecule has 1 aromatic carbocycles. The minimum absolute atomic E-state index is 0.0309. The maximum absolute atomic E-state index is 10.1. The molecule has 0 saturated carbocycles. The lowest BCUT2D eigenvalue weighted by Crippen LogP contribution is -2.59. The number of hydrogen-bond donors (Lipinski definition) is 4. The van der Waals surface area contributed by atoms with Crippen LogP contribution in [-0.2, 0) is 9.47 Å². The molecule has 1 aliphatic heterocycles. The predicted molar refractivity (Wildman–Crippen MR) is 118 cm³/mol. The molecule has 9 heteroatoms. The highest BCUT2D eigenvalue weighted by Gasteiger charge is 2.43. The van der Waals surface area contributed by atoms with Gasteiger partial charge in [0.05, 0.1) is 13.2 Å². The van der Waals surface area contributed by atoms with Gasteiger partial charge in [-0.15, -0.1) is 0 Å². The first-order valence-corrected chi connectivity index (χ1v) is 10.6. The normalized spacial score (nSPS) is 25.0. The number of hydrogen-bond acceptors (Lipinski definition) is 9. The average Bonchev–Trinajstić information content (AvgIpc) is 2.87. The molecule has 1 fully saturated rings. The molecule has 0 spiro atoms. The summed E-state index contributed by atoms with van der Waals surface area (Å²) in [6, 6.07) is 13.4. The molecule has 3 unspecified atom stereocenters. The molecule has 0 radical (unpaired) electrons. The summed E-state index contributed by atoms with van der Waals surface area (Å²) in [5.41, 5.74) is 3.62. The number of ether oxygens (including phenoxy) is 3. The third-order valence-electron chi connectivity index (χ3n) is 5.46. The fourth-order valence-corrected chi connectivity index (χ4v) is 3.72. The number of para-hydroxylation sites is 1. The molecule has 4 N–H and O–H groups in total. The molecule has 33 heavy (non-hydrogen) atoms. The summed E-state index contributed by atoms with van der Waals surface area (Å²) in [6.45, 7) is -0.367. The van der Waals surface area contributed by atoms with E-state index in [1.54, 1.807) is 24.8 Å². The van der Waals surface area contributed by atoms with E-state index in [4.69, 9.17) is 14.2 Å². The van der Waals surface area contributed by atoms with Gasteiger partial charge in [0, 0.05) is 35.9 Å². The van der Waals surface area contributed by atoms with Crippen molar-refractivity contribution in [2.45, 2.75) is 30.7 Å². The number of aliphatic hydroxyl groups is 4. The van der Waals surface area contributed by atoms with Crippen molar-refractivity contribution in [3.8, 4) is 28.0 Å². The summed E-state index contributed by atoms with van der Waals surface area (Å²) < 4.78 is 17.1. The zero-order valence-corrected chi connectivity index (χ0v) is 17.8. The molecule has 4 rings (SSSR count). The van der Waals surface area contributed by atoms with Crippen LogP contribution in [0.3, 0.4) is 0 Å². The van der Waals surface area contributed by atoms with Crippen molar-refractivity contribution >= 4 is 0 Å². The summed E-state index contributed by atoms with van der Waals surface area (Å²) in [5.74, 6) is 0.646. The van der Waals surface area contributed by atoms with Crippen molar-refractivity contribution in [1.29, 1.82) is 0 Å². The predicted octanol–water partition coefficient (Wildman–Crippen LogP) is 1.01. The Morgan fingerprint density at radius 2 is 1.33 bits per heavy atom. The van der Waals surface area contributed by atoms with Gasteiger partial charge in [-0.1, -0.05) is 18.2 Å². The standard InChI is InChI=1S/C24H26N2O7/c27-14-19-20(28)21(29)22(30)24(33-19)32-13-12-31-23-17(15-4-8-25-9-5-15)2-1-3-18(23)16-6-10-26-11-7-16/h1-11,19-22,24,27-30H,12-14H2/t19?,20-,21?,22?,24-/m1/s1. The maximum Gasteiger partial charge on any atom is 0.186 e. The first-order valence-electron chi connectivity index (χ1n) is 10.6. The Kier molecular flexibility index (Phi) is 7.61. The monoisotopic (exact) mass is 454 g/mol. The number of aromatic nitrogens is 2. The number of pyridine rings is 2. The van der Waals surface area contributed by atoms with Gasteiger partial charge in [0.2, 0.25) is 0 Å². The van der Waals surface area contributed by atoms with Gasteiger partial charge in [0.15, 0.2) is 6.29 Å². The van der Waals surface area contributed by atoms with Gasteiger partial charge < -0.3 is 34.6 Å². The number of aliphatic hydroxyl groups excluding tert-OH is 4. The molecular formula is C24H26N2O7. The van der Waals surface area contributed by atoms with Crippen molar-refractivity contribution in [2.75, 3.05) is 19.8 Å². The van der Waals surface area contributed by atoms with Gasteiger partial charge in [-0.25, -0.2) is 0 Å². The topological polar surface area (TPSA) is 134 Å². The minimum Gasteiger partial charge on any atom is -0.490 e. The van der Waals surface area contributed by atoms with Crippen LogP contribution in [-0.4, -0.2) is 80.9 Å². The lowest BCUT2D eigenvalue weighted by atomic mass is 9.98. The Hall–Kier alpha value is -2.92. The highest BCUT2D eigenvalue weighted by Crippen LogP contribution is 2.38. The first kappa shape index (κ1) is 23.2. The molecule has 5 atom stereocenters. The highest BCUT2D eigenvalue weighted by molar-refractivity contribution is 5.82. The lowest BCUT2D eigenvalue weighted by Gasteiger charge is -2.39. The van der Waals surface area contributed by atoms with E-state index < -0.39 is 37.3 Å². The summed E-state index contributed by atoms with van der Waals surface area (Å²) in [7, 11) is 0. The van der Waals surface area contributed by atoms with Crippen LogP contribution >= 0.6 is 0 Å². The Morgan fingerprint density at radius 3 is 1.88 bits per heavy atom. The molecule has 3 heterocycles. The van der Waals surface area contributed by atoms with Gasteiger partial charge in [-0.3, -0.25) is 9.97 Å². The van der Waals surface area contributed by atoms with Crippen LogP contribution in [0.15, 0.2) is 67.3 Å². The Bertz CT molecular complexity index is 962. The number of rotatable bonds is 8. The molecule has 0 aliphatic carbocycles. The molecular weight excluding hydrogens is 428 g/mol. The first-order chi connectivity index (χ1) is 16.1. The van der Waals surface area contributed by atoms with Crippen molar-refractivity contribution in [1.82, 2.24) is 9.97 Å². The molecule has 1 saturated heterocycles. The Balaban J connectivity index is 1.50. The maximum atomic E-state index is 10.1. The van der Waals surface area contributed by atoms with Gasteiger partial charge in [0.1, 0.15) is 36.8 Å². The van der Waals surface area contributed by atoms with Crippen molar-refractivity contribution in [3.63, 3.8) is 0 Å². The quantitative estimate of drug-likeness (QED) is 0.368. The SMILES string of the molecule is OCC1O[C@@H](OCCOc2c(-c3ccncc3)cccc2-c2ccncc2)C(O)C(O)[C@@H]1O. The second-order valence-electron chi connectivity index (χ2n) is 7.57. The second kappa shape index (κ2) is 10.8. The van der Waals surface area contributed by atoms with Crippen molar-refractivity contribution in [2.24, 2.45) is 0 Å². The van der Waals surface area contributed by atoms with Crippen LogP contribution in [0.25, 0.3) is 22.3 Å². The van der Waals surface area contributed by atoms with Crippen LogP contribution in [0, 0.1) is 0 Å². The molecule has 0 amide bonds. The van der Waals surface area contributed by atoms with Gasteiger partial charge in [-0.05, 0) is 35.4 Å². The van der Waals surface area contributed by atoms with E-state index in [0.717, 1.165) is 22.3 Å². The van der Waals surface area contributed by atoms with Crippen LogP contribution < -0.4 is 4.74 Å². The van der Waals surface area contributed by atoms with Crippen molar-refractivity contribution < 1.29 is 34.6 Å². The van der Waals surface area contributed by atoms with Gasteiger partial charge in [0.25, 0.3) is 0 Å². The smallest absolute Gasteiger partial charge is 0.186 e. The number of nitrogens with zero attached hydrogens (tertiary/aromatic N) is 2. The fourth-order valence-electron chi connectivity index (χ4n) is 3.72. The second-order valence-corrected chi connectivity index (χ2v) is 7.57. The molecule has 3 aromatic rings. The molecule has 9 nitrogen and oxygen atoms in total. The van der Waals surface area contributed by atoms with E-state index in [0.29, 0.717) is 5.75 Å². The third-order valence-corrected chi connectivity index (χ3v) is 5.46. The van der Waals surface area contributed by atoms with E-state index in [1.807, 2.05) is 42.5 Å². The summed E-state index contributed by atoms with van der Waals surface area (Å²) >= 11 is 0. The molecule has 1 aliphatic rings. The van der Waals surface area contributed by atoms with Crippen LogP contribution in [0.1, 0.15) is 0 Å². The average molecular weight is 454 g/mol. The summed E-state index contributed by atoms with van der Waals surface area (Å²) in [6.07, 6.45) is 0.212. The number of benzene rings is 1. The van der Waals surface area contributed by atoms with Crippen LogP contribution in [0.5, 0.6) is 5.75 Å². The van der Waals surface area contributed by atoms with Crippen LogP contribution in [0.2, 0.25) is 0 Å². The molecule has 174 valence electrons. The zero-order chi connectivity index (χ0) is 23.2. The third kappa shape index (κ3) is 5.19.